The molecule has 3 atom stereocenters. The molecule has 0 bridgehead atoms. The number of alkyl halides is 3. The van der Waals surface area contributed by atoms with Gasteiger partial charge in [-0.25, -0.2) is 0 Å². The van der Waals surface area contributed by atoms with Gasteiger partial charge in [0.05, 0.1) is 11.1 Å². The molecule has 9 nitrogen and oxygen atoms in total. The molecular formula is C29H33F3N2O7. The van der Waals surface area contributed by atoms with Crippen LogP contribution in [-0.2, 0) is 33.5 Å². The van der Waals surface area contributed by atoms with Gasteiger partial charge in [0.15, 0.2) is 11.4 Å². The maximum absolute atomic E-state index is 14.5. The highest BCUT2D eigenvalue weighted by molar-refractivity contribution is 6.22. The number of amides is 1. The fourth-order valence-corrected chi connectivity index (χ4v) is 7.26. The minimum atomic E-state index is -4.85. The molecule has 1 aromatic rings. The maximum Gasteiger partial charge on any atom is 0.417 e. The molecular weight excluding hydrogens is 545 g/mol. The molecule has 4 aliphatic rings. The van der Waals surface area contributed by atoms with Crippen molar-refractivity contribution >= 4 is 23.2 Å². The van der Waals surface area contributed by atoms with Gasteiger partial charge in [-0.15, -0.1) is 0 Å². The molecule has 0 spiro atoms. The van der Waals surface area contributed by atoms with Crippen LogP contribution in [0.2, 0.25) is 0 Å². The summed E-state index contributed by atoms with van der Waals surface area (Å²) in [5, 5.41) is 46.9. The summed E-state index contributed by atoms with van der Waals surface area (Å²) in [6.07, 6.45) is 0.473. The minimum absolute atomic E-state index is 0.172. The summed E-state index contributed by atoms with van der Waals surface area (Å²) >= 11 is 0. The molecule has 0 aliphatic heterocycles. The molecule has 41 heavy (non-hydrogen) atoms. The van der Waals surface area contributed by atoms with Crippen LogP contribution >= 0.6 is 0 Å². The maximum atomic E-state index is 14.5. The van der Waals surface area contributed by atoms with Crippen molar-refractivity contribution in [3.05, 3.63) is 45.2 Å². The van der Waals surface area contributed by atoms with Gasteiger partial charge in [-0.2, -0.15) is 13.2 Å². The molecule has 7 N–H and O–H groups in total. The molecule has 5 rings (SSSR count). The van der Waals surface area contributed by atoms with Crippen LogP contribution in [0.1, 0.15) is 73.6 Å². The number of aromatic hydroxyl groups is 1. The quantitative estimate of drug-likeness (QED) is 0.220. The van der Waals surface area contributed by atoms with Crippen molar-refractivity contribution < 1.29 is 48.0 Å². The number of carbonyl (C=O) groups excluding carboxylic acids is 3. The number of carbonyl (C=O) groups is 3. The topological polar surface area (TPSA) is 170 Å². The molecule has 12 heteroatoms. The summed E-state index contributed by atoms with van der Waals surface area (Å²) in [4.78, 5) is 37.8. The molecule has 0 radical (unpaired) electrons. The monoisotopic (exact) mass is 578 g/mol. The SMILES string of the molecule is NC(=O)C1=C(O)[C@@]2(O)C(=O)C3=C(O)c4c(O)cc(CNCCC5CCCCC5)c(C(F)(F)F)c4CC3C[C@H]2CC1=O. The molecule has 0 aromatic heterocycles. The molecule has 0 heterocycles. The van der Waals surface area contributed by atoms with Crippen LogP contribution < -0.4 is 11.1 Å². The number of phenols is 1. The van der Waals surface area contributed by atoms with Gasteiger partial charge >= 0.3 is 6.18 Å². The molecule has 2 fully saturated rings. The third kappa shape index (κ3) is 4.80. The molecule has 1 amide bonds. The highest BCUT2D eigenvalue weighted by atomic mass is 19.4. The first-order valence-corrected chi connectivity index (χ1v) is 13.9. The Morgan fingerprint density at radius 1 is 1.10 bits per heavy atom. The van der Waals surface area contributed by atoms with Crippen molar-refractivity contribution in [1.29, 1.82) is 0 Å². The van der Waals surface area contributed by atoms with Gasteiger partial charge in [-0.1, -0.05) is 32.1 Å². The highest BCUT2D eigenvalue weighted by Crippen LogP contribution is 2.54. The van der Waals surface area contributed by atoms with Gasteiger partial charge < -0.3 is 31.5 Å². The summed E-state index contributed by atoms with van der Waals surface area (Å²) in [6, 6.07) is 0.916. The van der Waals surface area contributed by atoms with Crippen LogP contribution in [0, 0.1) is 17.8 Å². The van der Waals surface area contributed by atoms with Crippen LogP contribution in [0.3, 0.4) is 0 Å². The molecule has 1 unspecified atom stereocenters. The number of ketones is 2. The van der Waals surface area contributed by atoms with E-state index < -0.39 is 93.5 Å². The first-order valence-electron chi connectivity index (χ1n) is 13.9. The number of phenolic OH excluding ortho intramolecular Hbond substituents is 1. The van der Waals surface area contributed by atoms with Gasteiger partial charge in [0.1, 0.15) is 22.8 Å². The Labute approximate surface area is 233 Å². The number of hydrogen-bond acceptors (Lipinski definition) is 8. The smallest absolute Gasteiger partial charge is 0.417 e. The van der Waals surface area contributed by atoms with Crippen LogP contribution in [0.25, 0.3) is 5.76 Å². The molecule has 2 saturated carbocycles. The minimum Gasteiger partial charge on any atom is -0.508 e. The van der Waals surface area contributed by atoms with E-state index in [1.54, 1.807) is 0 Å². The summed E-state index contributed by atoms with van der Waals surface area (Å²) in [6.45, 7) is 0.333. The summed E-state index contributed by atoms with van der Waals surface area (Å²) in [7, 11) is 0. The first-order chi connectivity index (χ1) is 19.3. The number of aliphatic hydroxyl groups excluding tert-OH is 2. The van der Waals surface area contributed by atoms with E-state index >= 15 is 0 Å². The third-order valence-corrected chi connectivity index (χ3v) is 9.20. The van der Waals surface area contributed by atoms with E-state index in [9.17, 15) is 48.0 Å². The average molecular weight is 579 g/mol. The van der Waals surface area contributed by atoms with Crippen molar-refractivity contribution in [2.75, 3.05) is 6.54 Å². The number of aliphatic hydroxyl groups is 3. The molecule has 0 saturated heterocycles. The van der Waals surface area contributed by atoms with Gasteiger partial charge in [0, 0.05) is 24.5 Å². The summed E-state index contributed by atoms with van der Waals surface area (Å²) in [5.74, 6) is -8.15. The lowest BCUT2D eigenvalue weighted by Crippen LogP contribution is -2.58. The Bertz CT molecular complexity index is 1380. The fraction of sp³-hybridized carbons (Fsp3) is 0.552. The number of nitrogens with two attached hydrogens (primary N) is 1. The van der Waals surface area contributed by atoms with E-state index in [2.05, 4.69) is 5.32 Å². The van der Waals surface area contributed by atoms with E-state index in [4.69, 9.17) is 5.73 Å². The lowest BCUT2D eigenvalue weighted by molar-refractivity contribution is -0.147. The Balaban J connectivity index is 1.53. The van der Waals surface area contributed by atoms with Gasteiger partial charge in [0.25, 0.3) is 5.91 Å². The highest BCUT2D eigenvalue weighted by Gasteiger charge is 2.60. The lowest BCUT2D eigenvalue weighted by Gasteiger charge is -2.46. The number of rotatable bonds is 6. The fourth-order valence-electron chi connectivity index (χ4n) is 7.26. The predicted octanol–water partition coefficient (Wildman–Crippen LogP) is 3.50. The Morgan fingerprint density at radius 3 is 2.41 bits per heavy atom. The number of halogens is 3. The zero-order chi connectivity index (χ0) is 29.9. The van der Waals surface area contributed by atoms with Crippen LogP contribution in [-0.4, -0.2) is 50.0 Å². The number of hydrogen-bond donors (Lipinski definition) is 6. The Morgan fingerprint density at radius 2 is 1.78 bits per heavy atom. The Hall–Kier alpha value is -3.38. The number of Topliss-reactive ketones (excluding diaryl/α,β-unsaturated/α-hetero) is 2. The standard InChI is InChI=1S/C29H33F3N2O7/c30-29(31,32)23-15(12-34-7-6-13-4-2-1-3-5-13)10-18(35)21-17(23)9-14-8-16-11-19(36)22(27(33)40)26(39)28(16,41)25(38)20(14)24(21)37/h10,13-14,16,34-35,37,39,41H,1-9,11-12H2,(H2,33,40)/t14?,16-,28-/m0/s1. The number of primary amides is 1. The van der Waals surface area contributed by atoms with Gasteiger partial charge in [0.2, 0.25) is 5.78 Å². The lowest BCUT2D eigenvalue weighted by atomic mass is 9.59. The van der Waals surface area contributed by atoms with Crippen molar-refractivity contribution in [2.45, 2.75) is 76.1 Å². The van der Waals surface area contributed by atoms with Crippen molar-refractivity contribution in [1.82, 2.24) is 5.32 Å². The second-order valence-corrected chi connectivity index (χ2v) is 11.7. The average Bonchev–Trinajstić information content (AvgIpc) is 2.88. The third-order valence-electron chi connectivity index (χ3n) is 9.20. The second-order valence-electron chi connectivity index (χ2n) is 11.7. The zero-order valence-corrected chi connectivity index (χ0v) is 22.3. The van der Waals surface area contributed by atoms with E-state index in [0.717, 1.165) is 38.2 Å². The number of fused-ring (bicyclic) bond motifs is 3. The summed E-state index contributed by atoms with van der Waals surface area (Å²) < 4.78 is 43.5. The van der Waals surface area contributed by atoms with Crippen molar-refractivity contribution in [3.8, 4) is 5.75 Å². The predicted molar refractivity (Wildman–Crippen MR) is 139 cm³/mol. The van der Waals surface area contributed by atoms with Crippen LogP contribution in [0.15, 0.2) is 23.0 Å². The molecule has 4 aliphatic carbocycles. The first kappa shape index (κ1) is 29.1. The van der Waals surface area contributed by atoms with E-state index in [1.165, 1.54) is 6.42 Å². The van der Waals surface area contributed by atoms with Crippen molar-refractivity contribution in [3.63, 3.8) is 0 Å². The number of benzene rings is 1. The van der Waals surface area contributed by atoms with E-state index in [0.29, 0.717) is 12.5 Å². The zero-order valence-electron chi connectivity index (χ0n) is 22.3. The van der Waals surface area contributed by atoms with E-state index in [-0.39, 0.29) is 24.1 Å². The molecule has 1 aromatic carbocycles. The number of nitrogens with one attached hydrogen (secondary N) is 1. The van der Waals surface area contributed by atoms with Crippen LogP contribution in [0.4, 0.5) is 13.2 Å². The van der Waals surface area contributed by atoms with Gasteiger partial charge in [-0.3, -0.25) is 14.4 Å². The van der Waals surface area contributed by atoms with E-state index in [1.807, 2.05) is 0 Å². The summed E-state index contributed by atoms with van der Waals surface area (Å²) in [5.41, 5.74) is -1.21. The normalized spacial score (nSPS) is 27.0. The van der Waals surface area contributed by atoms with Crippen molar-refractivity contribution in [2.24, 2.45) is 23.5 Å². The molecule has 222 valence electrons. The largest absolute Gasteiger partial charge is 0.508 e. The second kappa shape index (κ2) is 10.5. The van der Waals surface area contributed by atoms with Crippen LogP contribution in [0.5, 0.6) is 5.75 Å². The van der Waals surface area contributed by atoms with Gasteiger partial charge in [-0.05, 0) is 54.8 Å². The Kier molecular flexibility index (Phi) is 7.44.